The summed E-state index contributed by atoms with van der Waals surface area (Å²) in [5.74, 6) is 0. The summed E-state index contributed by atoms with van der Waals surface area (Å²) in [5.41, 5.74) is 1.80. The van der Waals surface area contributed by atoms with Crippen molar-refractivity contribution in [2.24, 2.45) is 0 Å². The quantitative estimate of drug-likeness (QED) is 0.485. The number of hydrogen-bond acceptors (Lipinski definition) is 4. The number of aromatic nitrogens is 3. The van der Waals surface area contributed by atoms with Gasteiger partial charge in [0.15, 0.2) is 4.77 Å². The van der Waals surface area contributed by atoms with Crippen LogP contribution in [0.4, 0.5) is 0 Å². The van der Waals surface area contributed by atoms with E-state index in [0.29, 0.717) is 20.7 Å². The normalized spacial score (nSPS) is 11.0. The molecule has 0 radical (unpaired) electrons. The summed E-state index contributed by atoms with van der Waals surface area (Å²) in [4.78, 5) is 17.2. The molecule has 0 atom stereocenters. The second-order valence-corrected chi connectivity index (χ2v) is 6.00. The highest BCUT2D eigenvalue weighted by Gasteiger charge is 2.07. The van der Waals surface area contributed by atoms with Crippen molar-refractivity contribution in [3.63, 3.8) is 0 Å². The highest BCUT2D eigenvalue weighted by molar-refractivity contribution is 7.72. The predicted molar refractivity (Wildman–Crippen MR) is 100.0 cm³/mol. The molecule has 0 aliphatic heterocycles. The maximum atomic E-state index is 12.6. The van der Waals surface area contributed by atoms with E-state index in [4.69, 9.17) is 24.4 Å². The van der Waals surface area contributed by atoms with Gasteiger partial charge in [-0.05, 0) is 42.5 Å². The van der Waals surface area contributed by atoms with Crippen LogP contribution in [0.5, 0.6) is 0 Å². The Bertz CT molecular complexity index is 1260. The van der Waals surface area contributed by atoms with Crippen molar-refractivity contribution in [1.82, 2.24) is 14.0 Å². The standard InChI is InChI=1S/C18H11N3OS2/c22-16-11-10-15-19-14-9-5-4-8-13(14)17(23)21(15)18(24)20(16)12-6-2-1-3-7-12/h1-11H. The Labute approximate surface area is 147 Å². The van der Waals surface area contributed by atoms with Gasteiger partial charge in [-0.25, -0.2) is 4.98 Å². The van der Waals surface area contributed by atoms with Crippen LogP contribution in [0.15, 0.2) is 71.5 Å². The molecule has 0 fully saturated rings. The Kier molecular flexibility index (Phi) is 3.55. The van der Waals surface area contributed by atoms with Crippen molar-refractivity contribution >= 4 is 41.0 Å². The highest BCUT2D eigenvalue weighted by Crippen LogP contribution is 2.16. The Hall–Kier alpha value is -2.70. The van der Waals surface area contributed by atoms with Gasteiger partial charge in [0, 0.05) is 11.5 Å². The first kappa shape index (κ1) is 14.9. The summed E-state index contributed by atoms with van der Waals surface area (Å²) < 4.78 is 3.98. The SMILES string of the molecule is O=c1ccc2nc3ccccc3c(=S)n2c(=S)n1-c1ccccc1. The lowest BCUT2D eigenvalue weighted by atomic mass is 10.2. The van der Waals surface area contributed by atoms with Gasteiger partial charge in [0.2, 0.25) is 0 Å². The molecule has 116 valence electrons. The van der Waals surface area contributed by atoms with E-state index in [1.165, 1.54) is 10.6 Å². The van der Waals surface area contributed by atoms with Crippen molar-refractivity contribution in [2.75, 3.05) is 0 Å². The molecule has 0 aliphatic carbocycles. The van der Waals surface area contributed by atoms with Crippen LogP contribution in [0.3, 0.4) is 0 Å². The first-order valence-electron chi connectivity index (χ1n) is 7.30. The molecule has 0 aliphatic rings. The van der Waals surface area contributed by atoms with E-state index in [1.54, 1.807) is 10.5 Å². The van der Waals surface area contributed by atoms with Crippen LogP contribution in [0.2, 0.25) is 0 Å². The van der Waals surface area contributed by atoms with E-state index < -0.39 is 0 Å². The molecule has 0 saturated heterocycles. The summed E-state index contributed by atoms with van der Waals surface area (Å²) in [6.45, 7) is 0. The van der Waals surface area contributed by atoms with Crippen molar-refractivity contribution in [3.8, 4) is 5.69 Å². The predicted octanol–water partition coefficient (Wildman–Crippen LogP) is 4.10. The molecule has 2 aromatic heterocycles. The van der Waals surface area contributed by atoms with E-state index >= 15 is 0 Å². The largest absolute Gasteiger partial charge is 0.269 e. The zero-order valence-electron chi connectivity index (χ0n) is 12.4. The molecule has 0 bridgehead atoms. The maximum Gasteiger partial charge on any atom is 0.257 e. The molecule has 2 aromatic carbocycles. The van der Waals surface area contributed by atoms with Crippen LogP contribution < -0.4 is 5.56 Å². The molecule has 6 heteroatoms. The number of nitrogens with zero attached hydrogens (tertiary/aromatic N) is 3. The lowest BCUT2D eigenvalue weighted by Crippen LogP contribution is -2.16. The first-order valence-corrected chi connectivity index (χ1v) is 8.12. The Balaban J connectivity index is 2.28. The van der Waals surface area contributed by atoms with Crippen LogP contribution in [-0.4, -0.2) is 14.0 Å². The minimum absolute atomic E-state index is 0.227. The Morgan fingerprint density at radius 2 is 1.54 bits per heavy atom. The third-order valence-electron chi connectivity index (χ3n) is 3.79. The van der Waals surface area contributed by atoms with Crippen LogP contribution in [0.1, 0.15) is 0 Å². The number of rotatable bonds is 1. The molecule has 0 spiro atoms. The molecule has 2 heterocycles. The van der Waals surface area contributed by atoms with Gasteiger partial charge in [-0.15, -0.1) is 0 Å². The number of hydrogen-bond donors (Lipinski definition) is 0. The number of benzene rings is 2. The van der Waals surface area contributed by atoms with Gasteiger partial charge in [-0.1, -0.05) is 42.5 Å². The smallest absolute Gasteiger partial charge is 0.257 e. The third-order valence-corrected chi connectivity index (χ3v) is 4.56. The molecule has 4 nitrogen and oxygen atoms in total. The molecule has 0 saturated carbocycles. The van der Waals surface area contributed by atoms with E-state index in [9.17, 15) is 4.79 Å². The fourth-order valence-electron chi connectivity index (χ4n) is 2.68. The maximum absolute atomic E-state index is 12.6. The zero-order valence-corrected chi connectivity index (χ0v) is 14.1. The summed E-state index contributed by atoms with van der Waals surface area (Å²) in [6, 6.07) is 20.0. The summed E-state index contributed by atoms with van der Waals surface area (Å²) >= 11 is 11.2. The van der Waals surface area contributed by atoms with Crippen molar-refractivity contribution in [1.29, 1.82) is 0 Å². The average molecular weight is 349 g/mol. The van der Waals surface area contributed by atoms with Gasteiger partial charge in [0.25, 0.3) is 5.56 Å². The molecule has 4 aromatic rings. The van der Waals surface area contributed by atoms with Gasteiger partial charge < -0.3 is 0 Å². The van der Waals surface area contributed by atoms with E-state index in [1.807, 2.05) is 54.6 Å². The Morgan fingerprint density at radius 1 is 0.833 bits per heavy atom. The molecule has 0 amide bonds. The molecule has 24 heavy (non-hydrogen) atoms. The van der Waals surface area contributed by atoms with Gasteiger partial charge in [-0.3, -0.25) is 13.8 Å². The highest BCUT2D eigenvalue weighted by atomic mass is 32.1. The fraction of sp³-hybridized carbons (Fsp3) is 0. The van der Waals surface area contributed by atoms with Crippen LogP contribution >= 0.6 is 24.4 Å². The molecule has 0 unspecified atom stereocenters. The van der Waals surface area contributed by atoms with Crippen molar-refractivity contribution in [3.05, 3.63) is 86.5 Å². The Morgan fingerprint density at radius 3 is 2.33 bits per heavy atom. The van der Waals surface area contributed by atoms with Gasteiger partial charge in [-0.2, -0.15) is 0 Å². The van der Waals surface area contributed by atoms with Gasteiger partial charge >= 0.3 is 0 Å². The molecular weight excluding hydrogens is 338 g/mol. The minimum atomic E-state index is -0.227. The second kappa shape index (κ2) is 5.74. The molecule has 4 rings (SSSR count). The van der Waals surface area contributed by atoms with Crippen molar-refractivity contribution < 1.29 is 0 Å². The number of fused-ring (bicyclic) bond motifs is 2. The minimum Gasteiger partial charge on any atom is -0.269 e. The zero-order chi connectivity index (χ0) is 16.7. The average Bonchev–Trinajstić information content (AvgIpc) is 2.72. The van der Waals surface area contributed by atoms with Gasteiger partial charge in [0.05, 0.1) is 11.2 Å². The lowest BCUT2D eigenvalue weighted by molar-refractivity contribution is 0.902. The van der Waals surface area contributed by atoms with Crippen LogP contribution in [0, 0.1) is 9.41 Å². The summed E-state index contributed by atoms with van der Waals surface area (Å²) in [6.07, 6.45) is 0. The monoisotopic (exact) mass is 349 g/mol. The topological polar surface area (TPSA) is 39.3 Å². The first-order chi connectivity index (χ1) is 11.7. The lowest BCUT2D eigenvalue weighted by Gasteiger charge is -2.06. The molecular formula is C18H11N3OS2. The van der Waals surface area contributed by atoms with E-state index in [0.717, 1.165) is 10.9 Å². The second-order valence-electron chi connectivity index (χ2n) is 5.25. The van der Waals surface area contributed by atoms with Crippen molar-refractivity contribution in [2.45, 2.75) is 0 Å². The van der Waals surface area contributed by atoms with E-state index in [2.05, 4.69) is 4.98 Å². The summed E-state index contributed by atoms with van der Waals surface area (Å²) in [5, 5.41) is 0.828. The van der Waals surface area contributed by atoms with Gasteiger partial charge in [0.1, 0.15) is 10.3 Å². The summed E-state index contributed by atoms with van der Waals surface area (Å²) in [7, 11) is 0. The van der Waals surface area contributed by atoms with E-state index in [-0.39, 0.29) is 5.56 Å². The fourth-order valence-corrected chi connectivity index (χ4v) is 3.47. The van der Waals surface area contributed by atoms with Crippen LogP contribution in [0.25, 0.3) is 22.2 Å². The van der Waals surface area contributed by atoms with Crippen LogP contribution in [-0.2, 0) is 0 Å². The number of para-hydroxylation sites is 2. The third kappa shape index (κ3) is 2.28. The molecule has 0 N–H and O–H groups in total.